The molecule has 2 nitrogen and oxygen atoms in total. The van der Waals surface area contributed by atoms with Crippen LogP contribution in [0.25, 0.3) is 0 Å². The van der Waals surface area contributed by atoms with E-state index in [1.54, 1.807) is 0 Å². The van der Waals surface area contributed by atoms with Gasteiger partial charge in [0.05, 0.1) is 0 Å². The van der Waals surface area contributed by atoms with Crippen molar-refractivity contribution in [1.29, 1.82) is 0 Å². The van der Waals surface area contributed by atoms with Crippen molar-refractivity contribution in [2.75, 3.05) is 6.61 Å². The van der Waals surface area contributed by atoms with Crippen molar-refractivity contribution in [2.24, 2.45) is 5.92 Å². The molecular formula is C15H22BrNO. The Kier molecular flexibility index (Phi) is 4.82. The van der Waals surface area contributed by atoms with E-state index in [2.05, 4.69) is 59.4 Å². The molecule has 3 heteroatoms. The van der Waals surface area contributed by atoms with Crippen molar-refractivity contribution >= 4 is 15.9 Å². The van der Waals surface area contributed by atoms with Gasteiger partial charge in [-0.15, -0.1) is 0 Å². The van der Waals surface area contributed by atoms with Crippen LogP contribution in [0.15, 0.2) is 28.7 Å². The highest BCUT2D eigenvalue weighted by atomic mass is 79.9. The second kappa shape index (κ2) is 6.18. The summed E-state index contributed by atoms with van der Waals surface area (Å²) in [5, 5.41) is 12.7. The Morgan fingerprint density at radius 1 is 1.39 bits per heavy atom. The molecule has 1 aromatic rings. The Morgan fingerprint density at radius 2 is 2.11 bits per heavy atom. The van der Waals surface area contributed by atoms with Crippen LogP contribution in [0.5, 0.6) is 0 Å². The molecule has 0 radical (unpaired) electrons. The zero-order valence-corrected chi connectivity index (χ0v) is 12.7. The van der Waals surface area contributed by atoms with Gasteiger partial charge in [-0.3, -0.25) is 0 Å². The molecule has 100 valence electrons. The number of rotatable bonds is 5. The lowest BCUT2D eigenvalue weighted by molar-refractivity contribution is 0.180. The molecule has 0 heterocycles. The lowest BCUT2D eigenvalue weighted by Crippen LogP contribution is -2.47. The fourth-order valence-corrected chi connectivity index (χ4v) is 2.90. The Labute approximate surface area is 118 Å². The van der Waals surface area contributed by atoms with Gasteiger partial charge in [0, 0.05) is 23.2 Å². The normalized spacial score (nSPS) is 26.4. The van der Waals surface area contributed by atoms with Gasteiger partial charge in [-0.25, -0.2) is 0 Å². The molecular weight excluding hydrogens is 290 g/mol. The van der Waals surface area contributed by atoms with E-state index in [-0.39, 0.29) is 6.61 Å². The maximum absolute atomic E-state index is 9.12. The molecule has 1 aliphatic carbocycles. The van der Waals surface area contributed by atoms with E-state index in [0.29, 0.717) is 23.9 Å². The third-order valence-electron chi connectivity index (χ3n) is 4.10. The number of hydrogen-bond donors (Lipinski definition) is 2. The van der Waals surface area contributed by atoms with Crippen LogP contribution in [-0.4, -0.2) is 23.8 Å². The minimum atomic E-state index is 0.260. The summed E-state index contributed by atoms with van der Waals surface area (Å²) in [6, 6.07) is 9.62. The summed E-state index contributed by atoms with van der Waals surface area (Å²) >= 11 is 3.52. The Bertz CT molecular complexity index is 390. The van der Waals surface area contributed by atoms with Gasteiger partial charge in [-0.2, -0.15) is 0 Å². The molecule has 1 aromatic carbocycles. The van der Waals surface area contributed by atoms with Crippen molar-refractivity contribution in [1.82, 2.24) is 5.32 Å². The molecule has 1 saturated carbocycles. The number of aliphatic hydroxyl groups is 1. The number of hydrogen-bond acceptors (Lipinski definition) is 2. The van der Waals surface area contributed by atoms with Crippen molar-refractivity contribution < 1.29 is 5.11 Å². The first-order valence-electron chi connectivity index (χ1n) is 6.72. The molecule has 1 aliphatic rings. The van der Waals surface area contributed by atoms with Gasteiger partial charge < -0.3 is 10.4 Å². The van der Waals surface area contributed by atoms with Crippen molar-refractivity contribution in [3.63, 3.8) is 0 Å². The molecule has 2 rings (SSSR count). The smallest absolute Gasteiger partial charge is 0.0471 e. The average molecular weight is 312 g/mol. The summed E-state index contributed by atoms with van der Waals surface area (Å²) in [4.78, 5) is 0. The summed E-state index contributed by atoms with van der Waals surface area (Å²) in [5.41, 5.74) is 1.44. The highest BCUT2D eigenvalue weighted by Crippen LogP contribution is 2.38. The summed E-state index contributed by atoms with van der Waals surface area (Å²) in [6.07, 6.45) is 2.41. The molecule has 1 fully saturated rings. The number of benzene rings is 1. The van der Waals surface area contributed by atoms with E-state index < -0.39 is 0 Å². The van der Waals surface area contributed by atoms with E-state index in [1.807, 2.05) is 0 Å². The van der Waals surface area contributed by atoms with Crippen LogP contribution in [0.4, 0.5) is 0 Å². The van der Waals surface area contributed by atoms with Gasteiger partial charge in [0.15, 0.2) is 0 Å². The summed E-state index contributed by atoms with van der Waals surface area (Å²) in [7, 11) is 0. The minimum absolute atomic E-state index is 0.260. The van der Waals surface area contributed by atoms with Gasteiger partial charge in [0.25, 0.3) is 0 Å². The zero-order valence-electron chi connectivity index (χ0n) is 11.1. The molecule has 2 atom stereocenters. The van der Waals surface area contributed by atoms with Gasteiger partial charge in [0.1, 0.15) is 0 Å². The number of aliphatic hydroxyl groups excluding tert-OH is 1. The average Bonchev–Trinajstić information content (AvgIpc) is 2.31. The third-order valence-corrected chi connectivity index (χ3v) is 4.59. The van der Waals surface area contributed by atoms with Gasteiger partial charge >= 0.3 is 0 Å². The molecule has 0 aliphatic heterocycles. The molecule has 0 bridgehead atoms. The zero-order chi connectivity index (χ0) is 13.1. The Balaban J connectivity index is 1.80. The minimum Gasteiger partial charge on any atom is -0.396 e. The SMILES string of the molecule is CC(CO)C(C)NC1CC(c2cccc(Br)c2)C1. The first-order chi connectivity index (χ1) is 8.60. The summed E-state index contributed by atoms with van der Waals surface area (Å²) in [5.74, 6) is 1.02. The second-order valence-electron chi connectivity index (χ2n) is 5.54. The van der Waals surface area contributed by atoms with Gasteiger partial charge in [0.2, 0.25) is 0 Å². The van der Waals surface area contributed by atoms with Crippen LogP contribution in [0.1, 0.15) is 38.2 Å². The highest BCUT2D eigenvalue weighted by molar-refractivity contribution is 9.10. The lowest BCUT2D eigenvalue weighted by Gasteiger charge is -2.39. The first kappa shape index (κ1) is 14.0. The molecule has 0 saturated heterocycles. The van der Waals surface area contributed by atoms with E-state index in [4.69, 9.17) is 5.11 Å². The quantitative estimate of drug-likeness (QED) is 0.874. The van der Waals surface area contributed by atoms with Gasteiger partial charge in [-0.05, 0) is 49.3 Å². The molecule has 2 N–H and O–H groups in total. The largest absolute Gasteiger partial charge is 0.396 e. The van der Waals surface area contributed by atoms with Crippen LogP contribution in [-0.2, 0) is 0 Å². The molecule has 0 amide bonds. The molecule has 18 heavy (non-hydrogen) atoms. The second-order valence-corrected chi connectivity index (χ2v) is 6.45. The number of halogens is 1. The van der Waals surface area contributed by atoms with E-state index in [1.165, 1.54) is 22.9 Å². The maximum Gasteiger partial charge on any atom is 0.0471 e. The van der Waals surface area contributed by atoms with Crippen LogP contribution in [0.2, 0.25) is 0 Å². The van der Waals surface area contributed by atoms with Crippen molar-refractivity contribution in [3.8, 4) is 0 Å². The van der Waals surface area contributed by atoms with Crippen LogP contribution in [0, 0.1) is 5.92 Å². The Morgan fingerprint density at radius 3 is 2.72 bits per heavy atom. The molecule has 2 unspecified atom stereocenters. The van der Waals surface area contributed by atoms with Crippen LogP contribution < -0.4 is 5.32 Å². The van der Waals surface area contributed by atoms with Crippen molar-refractivity contribution in [3.05, 3.63) is 34.3 Å². The van der Waals surface area contributed by atoms with Crippen molar-refractivity contribution in [2.45, 2.75) is 44.7 Å². The fraction of sp³-hybridized carbons (Fsp3) is 0.600. The van der Waals surface area contributed by atoms with Gasteiger partial charge in [-0.1, -0.05) is 35.0 Å². The lowest BCUT2D eigenvalue weighted by atomic mass is 9.75. The predicted molar refractivity (Wildman–Crippen MR) is 78.8 cm³/mol. The monoisotopic (exact) mass is 311 g/mol. The van der Waals surface area contributed by atoms with E-state index >= 15 is 0 Å². The summed E-state index contributed by atoms with van der Waals surface area (Å²) < 4.78 is 1.17. The number of nitrogens with one attached hydrogen (secondary N) is 1. The summed E-state index contributed by atoms with van der Waals surface area (Å²) in [6.45, 7) is 4.51. The maximum atomic E-state index is 9.12. The highest BCUT2D eigenvalue weighted by Gasteiger charge is 2.31. The van der Waals surface area contributed by atoms with E-state index in [9.17, 15) is 0 Å². The van der Waals surface area contributed by atoms with E-state index in [0.717, 1.165) is 0 Å². The first-order valence-corrected chi connectivity index (χ1v) is 7.51. The molecule has 0 spiro atoms. The Hall–Kier alpha value is -0.380. The standard InChI is InChI=1S/C15H22BrNO/c1-10(9-18)11(2)17-15-7-13(8-15)12-4-3-5-14(16)6-12/h3-6,10-11,13,15,17-18H,7-9H2,1-2H3. The third kappa shape index (κ3) is 3.34. The topological polar surface area (TPSA) is 32.3 Å². The fourth-order valence-electron chi connectivity index (χ4n) is 2.48. The predicted octanol–water partition coefficient (Wildman–Crippen LogP) is 3.30. The molecule has 0 aromatic heterocycles. The van der Waals surface area contributed by atoms with Crippen LogP contribution >= 0.6 is 15.9 Å². The van der Waals surface area contributed by atoms with Crippen LogP contribution in [0.3, 0.4) is 0 Å².